The fraction of sp³-hybridized carbons (Fsp3) is 0.321. The molecule has 3 heterocycles. The van der Waals surface area contributed by atoms with Crippen molar-refractivity contribution in [3.8, 4) is 0 Å². The van der Waals surface area contributed by atoms with Crippen LogP contribution in [0.1, 0.15) is 42.6 Å². The van der Waals surface area contributed by atoms with E-state index in [1.54, 1.807) is 6.07 Å². The molecule has 0 bridgehead atoms. The van der Waals surface area contributed by atoms with E-state index in [9.17, 15) is 14.4 Å². The Bertz CT molecular complexity index is 1420. The normalized spacial score (nSPS) is 21.8. The van der Waals surface area contributed by atoms with E-state index in [1.807, 2.05) is 53.4 Å². The molecule has 2 saturated heterocycles. The van der Waals surface area contributed by atoms with Gasteiger partial charge in [0.05, 0.1) is 5.69 Å². The summed E-state index contributed by atoms with van der Waals surface area (Å²) in [5.74, 6) is -0.958. The molecule has 0 saturated carbocycles. The first-order chi connectivity index (χ1) is 17.8. The highest BCUT2D eigenvalue weighted by Gasteiger charge is 2.40. The predicted molar refractivity (Wildman–Crippen MR) is 134 cm³/mol. The summed E-state index contributed by atoms with van der Waals surface area (Å²) in [5.41, 5.74) is 4.01. The Morgan fingerprint density at radius 1 is 0.943 bits per heavy atom. The number of nitrogens with zero attached hydrogens (tertiary/aromatic N) is 2. The van der Waals surface area contributed by atoms with Gasteiger partial charge in [0.1, 0.15) is 6.04 Å². The molecule has 0 aliphatic carbocycles. The average molecular weight is 471 g/mol. The van der Waals surface area contributed by atoms with Gasteiger partial charge in [-0.1, -0.05) is 42.5 Å². The van der Waals surface area contributed by atoms with Crippen LogP contribution < -0.4 is 15.5 Å². The summed E-state index contributed by atoms with van der Waals surface area (Å²) in [5, 5.41) is 7.42. The number of piperidine rings is 1. The number of amides is 3. The van der Waals surface area contributed by atoms with Crippen molar-refractivity contribution in [1.82, 2.24) is 15.5 Å². The Balaban J connectivity index is 1.29. The van der Waals surface area contributed by atoms with Crippen LogP contribution in [0.3, 0.4) is 0 Å². The van der Waals surface area contributed by atoms with Gasteiger partial charge in [-0.25, -0.2) is 0 Å². The van der Waals surface area contributed by atoms with Crippen LogP contribution in [0.25, 0.3) is 10.8 Å². The Morgan fingerprint density at radius 3 is 2.49 bits per heavy atom. The van der Waals surface area contributed by atoms with Crippen molar-refractivity contribution in [3.63, 3.8) is 0 Å². The van der Waals surface area contributed by atoms with E-state index >= 15 is 0 Å². The molecule has 1 unspecified atom stereocenters. The van der Waals surface area contributed by atoms with Crippen molar-refractivity contribution in [2.75, 3.05) is 31.1 Å². The smallest absolute Gasteiger partial charge is 0.259 e. The summed E-state index contributed by atoms with van der Waals surface area (Å²) < 4.78 is 17.3. The fourth-order valence-electron chi connectivity index (χ4n) is 5.33. The maximum absolute atomic E-state index is 13.4. The van der Waals surface area contributed by atoms with Crippen molar-refractivity contribution in [3.05, 3.63) is 76.9 Å². The molecule has 0 radical (unpaired) electrons. The molecule has 35 heavy (non-hydrogen) atoms. The Kier molecular flexibility index (Phi) is 5.02. The summed E-state index contributed by atoms with van der Waals surface area (Å²) in [7, 11) is 0. The third-order valence-electron chi connectivity index (χ3n) is 7.09. The van der Waals surface area contributed by atoms with Crippen molar-refractivity contribution in [1.29, 1.82) is 0 Å². The topological polar surface area (TPSA) is 81.8 Å². The summed E-state index contributed by atoms with van der Waals surface area (Å²) in [4.78, 5) is 41.0. The molecule has 3 aliphatic heterocycles. The molecule has 3 aromatic carbocycles. The Morgan fingerprint density at radius 2 is 1.71 bits per heavy atom. The van der Waals surface area contributed by atoms with Gasteiger partial charge in [0, 0.05) is 52.8 Å². The lowest BCUT2D eigenvalue weighted by Gasteiger charge is -2.30. The number of nitrogens with one attached hydrogen (secondary N) is 2. The number of hydrogen-bond donors (Lipinski definition) is 2. The molecule has 2 N–H and O–H groups in total. The summed E-state index contributed by atoms with van der Waals surface area (Å²) in [6, 6.07) is 16.5. The highest BCUT2D eigenvalue weighted by Crippen LogP contribution is 2.41. The van der Waals surface area contributed by atoms with E-state index in [4.69, 9.17) is 2.74 Å². The molecule has 3 amide bonds. The standard InChI is InChI=1S/C28H28N4O3/c33-25-11-10-24(27(34)30-25)32-23-9-8-20(21-2-1-3-22(26(21)23)28(32)35)16-18-4-6-19(7-5-18)17-31-14-12-29-13-15-31/h1-9,24,29H,10-17H2,(H,30,33,34)/i17D2. The second kappa shape index (κ2) is 8.91. The van der Waals surface area contributed by atoms with Crippen LogP contribution in [-0.4, -0.2) is 54.8 Å². The SMILES string of the molecule is [2H]C([2H])(c1ccc(Cc2ccc3c4c(cccc24)C(=O)N3C2CCC(=O)NC2=O)cc1)N1CCNCC1. The molecule has 178 valence electrons. The summed E-state index contributed by atoms with van der Waals surface area (Å²) in [6.45, 7) is 1.38. The zero-order valence-electron chi connectivity index (χ0n) is 21.3. The Hall–Kier alpha value is -3.55. The highest BCUT2D eigenvalue weighted by molar-refractivity contribution is 6.27. The van der Waals surface area contributed by atoms with Gasteiger partial charge in [0.25, 0.3) is 5.91 Å². The molecule has 7 nitrogen and oxygen atoms in total. The third kappa shape index (κ3) is 4.00. The van der Waals surface area contributed by atoms with E-state index < -0.39 is 18.4 Å². The average Bonchev–Trinajstić information content (AvgIpc) is 3.19. The van der Waals surface area contributed by atoms with Crippen molar-refractivity contribution >= 4 is 34.2 Å². The van der Waals surface area contributed by atoms with Crippen LogP contribution in [0.2, 0.25) is 0 Å². The monoisotopic (exact) mass is 470 g/mol. The molecule has 7 heteroatoms. The highest BCUT2D eigenvalue weighted by atomic mass is 16.2. The number of carbonyl (C=O) groups excluding carboxylic acids is 3. The second-order valence-corrected chi connectivity index (χ2v) is 9.34. The summed E-state index contributed by atoms with van der Waals surface area (Å²) in [6.07, 6.45) is 1.14. The zero-order valence-corrected chi connectivity index (χ0v) is 19.3. The molecule has 3 aromatic rings. The minimum atomic E-state index is -1.53. The van der Waals surface area contributed by atoms with Gasteiger partial charge in [-0.2, -0.15) is 0 Å². The number of carbonyl (C=O) groups is 3. The van der Waals surface area contributed by atoms with E-state index in [0.29, 0.717) is 42.7 Å². The second-order valence-electron chi connectivity index (χ2n) is 9.34. The maximum Gasteiger partial charge on any atom is 0.259 e. The lowest BCUT2D eigenvalue weighted by molar-refractivity contribution is -0.134. The largest absolute Gasteiger partial charge is 0.314 e. The van der Waals surface area contributed by atoms with Crippen LogP contribution >= 0.6 is 0 Å². The predicted octanol–water partition coefficient (Wildman–Crippen LogP) is 2.60. The van der Waals surface area contributed by atoms with Crippen molar-refractivity contribution < 1.29 is 17.1 Å². The molecular formula is C28H28N4O3. The first kappa shape index (κ1) is 19.7. The van der Waals surface area contributed by atoms with Crippen LogP contribution in [-0.2, 0) is 22.5 Å². The molecular weight excluding hydrogens is 440 g/mol. The lowest BCUT2D eigenvalue weighted by atomic mass is 9.95. The minimum Gasteiger partial charge on any atom is -0.314 e. The van der Waals surface area contributed by atoms with E-state index in [0.717, 1.165) is 35.0 Å². The van der Waals surface area contributed by atoms with Crippen molar-refractivity contribution in [2.24, 2.45) is 0 Å². The molecule has 1 atom stereocenters. The Labute approximate surface area is 206 Å². The quantitative estimate of drug-likeness (QED) is 0.561. The van der Waals surface area contributed by atoms with Gasteiger partial charge in [0.2, 0.25) is 11.8 Å². The first-order valence-corrected chi connectivity index (χ1v) is 12.1. The number of benzene rings is 3. The summed E-state index contributed by atoms with van der Waals surface area (Å²) >= 11 is 0. The molecule has 0 spiro atoms. The number of hydrogen-bond acceptors (Lipinski definition) is 5. The molecule has 0 aromatic heterocycles. The minimum absolute atomic E-state index is 0.209. The fourth-order valence-corrected chi connectivity index (χ4v) is 5.33. The van der Waals surface area contributed by atoms with E-state index in [2.05, 4.69) is 10.6 Å². The lowest BCUT2D eigenvalue weighted by Crippen LogP contribution is -2.53. The van der Waals surface area contributed by atoms with Gasteiger partial charge >= 0.3 is 0 Å². The van der Waals surface area contributed by atoms with E-state index in [-0.39, 0.29) is 18.2 Å². The molecule has 3 aliphatic rings. The number of rotatable bonds is 5. The number of piperazine rings is 1. The maximum atomic E-state index is 13.4. The number of anilines is 1. The van der Waals surface area contributed by atoms with Gasteiger partial charge < -0.3 is 5.32 Å². The molecule has 6 rings (SSSR count). The zero-order chi connectivity index (χ0) is 25.7. The van der Waals surface area contributed by atoms with Crippen molar-refractivity contribution in [2.45, 2.75) is 31.8 Å². The van der Waals surface area contributed by atoms with E-state index in [1.165, 1.54) is 4.90 Å². The molecule has 2 fully saturated rings. The van der Waals surface area contributed by atoms with Gasteiger partial charge in [-0.05, 0) is 47.1 Å². The first-order valence-electron chi connectivity index (χ1n) is 13.1. The van der Waals surface area contributed by atoms with Crippen LogP contribution in [0, 0.1) is 0 Å². The van der Waals surface area contributed by atoms with Crippen LogP contribution in [0.15, 0.2) is 54.6 Å². The van der Waals surface area contributed by atoms with Crippen LogP contribution in [0.5, 0.6) is 0 Å². The van der Waals surface area contributed by atoms with Gasteiger partial charge in [0.15, 0.2) is 0 Å². The third-order valence-corrected chi connectivity index (χ3v) is 7.09. The number of imide groups is 1. The van der Waals surface area contributed by atoms with Gasteiger partial charge in [-0.15, -0.1) is 0 Å². The van der Waals surface area contributed by atoms with Gasteiger partial charge in [-0.3, -0.25) is 29.5 Å². The van der Waals surface area contributed by atoms with Crippen LogP contribution in [0.4, 0.5) is 5.69 Å².